The van der Waals surface area contributed by atoms with E-state index in [0.29, 0.717) is 31.5 Å². The van der Waals surface area contributed by atoms with Gasteiger partial charge in [-0.3, -0.25) is 4.79 Å². The molecule has 11 heteroatoms. The van der Waals surface area contributed by atoms with Crippen LogP contribution in [-0.4, -0.2) is 54.8 Å². The third-order valence-corrected chi connectivity index (χ3v) is 6.21. The quantitative estimate of drug-likeness (QED) is 0.618. The van der Waals surface area contributed by atoms with E-state index in [1.165, 1.54) is 24.3 Å². The Morgan fingerprint density at radius 3 is 2.16 bits per heavy atom. The minimum atomic E-state index is -4.49. The molecule has 5 nitrogen and oxygen atoms in total. The molecule has 1 aliphatic heterocycles. The van der Waals surface area contributed by atoms with Gasteiger partial charge in [0.25, 0.3) is 0 Å². The van der Waals surface area contributed by atoms with E-state index in [1.54, 1.807) is 4.90 Å². The number of hydrogen-bond donors (Lipinski definition) is 1. The summed E-state index contributed by atoms with van der Waals surface area (Å²) in [5.41, 5.74) is -1.59. The summed E-state index contributed by atoms with van der Waals surface area (Å²) in [6.45, 7) is -0.575. The molecule has 0 unspecified atom stereocenters. The predicted octanol–water partition coefficient (Wildman–Crippen LogP) is 4.62. The third-order valence-electron chi connectivity index (χ3n) is 6.21. The van der Waals surface area contributed by atoms with Crippen LogP contribution in [0.2, 0.25) is 0 Å². The van der Waals surface area contributed by atoms with Crippen molar-refractivity contribution in [1.82, 2.24) is 0 Å². The van der Waals surface area contributed by atoms with Crippen LogP contribution in [0.5, 0.6) is 5.75 Å². The second-order valence-corrected chi connectivity index (χ2v) is 8.62. The Hall–Kier alpha value is -2.01. The predicted molar refractivity (Wildman–Crippen MR) is 102 cm³/mol. The number of ether oxygens (including phenoxy) is 2. The van der Waals surface area contributed by atoms with Gasteiger partial charge in [0.1, 0.15) is 12.4 Å². The van der Waals surface area contributed by atoms with Gasteiger partial charge in [-0.05, 0) is 63.3 Å². The number of hydrogen-bond acceptors (Lipinski definition) is 4. The van der Waals surface area contributed by atoms with Gasteiger partial charge in [-0.2, -0.15) is 26.3 Å². The van der Waals surface area contributed by atoms with Crippen molar-refractivity contribution in [1.29, 1.82) is 0 Å². The first-order valence-corrected chi connectivity index (χ1v) is 10.3. The molecule has 1 heterocycles. The smallest absolute Gasteiger partial charge is 0.425 e. The molecule has 2 fully saturated rings. The van der Waals surface area contributed by atoms with Crippen LogP contribution in [0, 0.1) is 5.41 Å². The fourth-order valence-electron chi connectivity index (χ4n) is 4.20. The van der Waals surface area contributed by atoms with Crippen LogP contribution in [0.1, 0.15) is 39.0 Å². The fraction of sp³-hybridized carbons (Fsp3) is 0.667. The van der Waals surface area contributed by atoms with Gasteiger partial charge in [-0.25, -0.2) is 0 Å². The molecule has 2 aliphatic rings. The molecule has 1 aliphatic carbocycles. The lowest BCUT2D eigenvalue weighted by molar-refractivity contribution is -0.191. The van der Waals surface area contributed by atoms with Crippen molar-refractivity contribution < 1.29 is 45.7 Å². The second-order valence-electron chi connectivity index (χ2n) is 8.62. The molecule has 1 aromatic carbocycles. The van der Waals surface area contributed by atoms with Crippen molar-refractivity contribution in [2.45, 2.75) is 63.1 Å². The third kappa shape index (κ3) is 5.67. The van der Waals surface area contributed by atoms with E-state index in [9.17, 15) is 36.2 Å². The van der Waals surface area contributed by atoms with E-state index in [0.717, 1.165) is 6.92 Å². The van der Waals surface area contributed by atoms with E-state index in [1.807, 2.05) is 0 Å². The molecule has 0 radical (unpaired) electrons. The summed E-state index contributed by atoms with van der Waals surface area (Å²) in [4.78, 5) is 14.7. The highest BCUT2D eigenvalue weighted by atomic mass is 19.4. The van der Waals surface area contributed by atoms with Crippen LogP contribution in [0.4, 0.5) is 32.0 Å². The molecular formula is C21H25F6NO4. The topological polar surface area (TPSA) is 59.0 Å². The van der Waals surface area contributed by atoms with Gasteiger partial charge >= 0.3 is 12.4 Å². The van der Waals surface area contributed by atoms with Gasteiger partial charge in [0, 0.05) is 12.2 Å². The second kappa shape index (κ2) is 8.74. The molecule has 1 saturated carbocycles. The molecule has 3 rings (SSSR count). The highest BCUT2D eigenvalue weighted by Gasteiger charge is 2.51. The van der Waals surface area contributed by atoms with E-state index < -0.39 is 42.7 Å². The number of carbonyl (C=O) groups excluding carboxylic acids is 1. The van der Waals surface area contributed by atoms with Gasteiger partial charge < -0.3 is 19.5 Å². The molecule has 1 spiro atoms. The number of nitrogens with zero attached hydrogens (tertiary/aromatic N) is 1. The molecule has 1 amide bonds. The average Bonchev–Trinajstić information content (AvgIpc) is 3.00. The van der Waals surface area contributed by atoms with E-state index in [2.05, 4.69) is 4.74 Å². The number of alkyl halides is 6. The Morgan fingerprint density at radius 1 is 1.03 bits per heavy atom. The lowest BCUT2D eigenvalue weighted by atomic mass is 9.68. The maximum Gasteiger partial charge on any atom is 0.425 e. The van der Waals surface area contributed by atoms with Crippen molar-refractivity contribution in [3.05, 3.63) is 24.3 Å². The standard InChI is InChI=1S/C21H25F6NO4/c1-14(21(25,26)27)32-16-4-2-15(3-5-16)28-11-10-18(17(28)29)6-8-19(30,9-7-18)12-31-13-20(22,23)24/h2-5,14,30H,6-13H2,1H3/t14-,18-,19-/m0/s1. The van der Waals surface area contributed by atoms with Gasteiger partial charge in [-0.15, -0.1) is 0 Å². The molecule has 0 aromatic heterocycles. The molecule has 180 valence electrons. The monoisotopic (exact) mass is 469 g/mol. The highest BCUT2D eigenvalue weighted by Crippen LogP contribution is 2.48. The summed E-state index contributed by atoms with van der Waals surface area (Å²) >= 11 is 0. The summed E-state index contributed by atoms with van der Waals surface area (Å²) in [5, 5.41) is 10.5. The molecule has 1 aromatic rings. The van der Waals surface area contributed by atoms with Crippen LogP contribution in [0.3, 0.4) is 0 Å². The van der Waals surface area contributed by atoms with Crippen molar-refractivity contribution in [2.75, 3.05) is 24.7 Å². The van der Waals surface area contributed by atoms with Crippen LogP contribution in [0.15, 0.2) is 24.3 Å². The number of amides is 1. The number of aliphatic hydroxyl groups is 1. The van der Waals surface area contributed by atoms with Crippen LogP contribution in [-0.2, 0) is 9.53 Å². The average molecular weight is 469 g/mol. The van der Waals surface area contributed by atoms with Crippen molar-refractivity contribution in [3.63, 3.8) is 0 Å². The first-order valence-electron chi connectivity index (χ1n) is 10.3. The number of halogens is 6. The maximum absolute atomic E-state index is 13.1. The first-order chi connectivity index (χ1) is 14.7. The highest BCUT2D eigenvalue weighted by molar-refractivity contribution is 6.00. The van der Waals surface area contributed by atoms with Gasteiger partial charge in [-0.1, -0.05) is 0 Å². The molecule has 1 saturated heterocycles. The Labute approximate surface area is 181 Å². The van der Waals surface area contributed by atoms with Gasteiger partial charge in [0.15, 0.2) is 6.10 Å². The Balaban J connectivity index is 1.58. The van der Waals surface area contributed by atoms with E-state index in [-0.39, 0.29) is 24.5 Å². The number of benzene rings is 1. The van der Waals surface area contributed by atoms with Crippen LogP contribution < -0.4 is 9.64 Å². The van der Waals surface area contributed by atoms with Crippen LogP contribution >= 0.6 is 0 Å². The zero-order chi connectivity index (χ0) is 23.8. The zero-order valence-electron chi connectivity index (χ0n) is 17.4. The molecule has 32 heavy (non-hydrogen) atoms. The zero-order valence-corrected chi connectivity index (χ0v) is 17.4. The van der Waals surface area contributed by atoms with Gasteiger partial charge in [0.05, 0.1) is 17.6 Å². The molecule has 0 bridgehead atoms. The first kappa shape index (κ1) is 24.6. The lowest BCUT2D eigenvalue weighted by Gasteiger charge is -2.40. The van der Waals surface area contributed by atoms with E-state index >= 15 is 0 Å². The molecule has 1 atom stereocenters. The minimum absolute atomic E-state index is 0.0292. The summed E-state index contributed by atoms with van der Waals surface area (Å²) in [6.07, 6.45) is -9.48. The number of anilines is 1. The lowest BCUT2D eigenvalue weighted by Crippen LogP contribution is -2.46. The van der Waals surface area contributed by atoms with Crippen molar-refractivity contribution >= 4 is 11.6 Å². The summed E-state index contributed by atoms with van der Waals surface area (Å²) in [5.74, 6) is -0.130. The van der Waals surface area contributed by atoms with Crippen molar-refractivity contribution in [3.8, 4) is 5.75 Å². The number of rotatable bonds is 6. The van der Waals surface area contributed by atoms with E-state index in [4.69, 9.17) is 4.74 Å². The largest absolute Gasteiger partial charge is 0.481 e. The van der Waals surface area contributed by atoms with Gasteiger partial charge in [0.2, 0.25) is 5.91 Å². The summed E-state index contributed by atoms with van der Waals surface area (Å²) in [7, 11) is 0. The van der Waals surface area contributed by atoms with Crippen molar-refractivity contribution in [2.24, 2.45) is 5.41 Å². The maximum atomic E-state index is 13.1. The molecule has 1 N–H and O–H groups in total. The number of carbonyl (C=O) groups is 1. The summed E-state index contributed by atoms with van der Waals surface area (Å²) in [6, 6.07) is 5.76. The Morgan fingerprint density at radius 2 is 1.62 bits per heavy atom. The van der Waals surface area contributed by atoms with Crippen LogP contribution in [0.25, 0.3) is 0 Å². The summed E-state index contributed by atoms with van der Waals surface area (Å²) < 4.78 is 84.2. The normalized spacial score (nSPS) is 27.8. The fourth-order valence-corrected chi connectivity index (χ4v) is 4.20. The Bertz CT molecular complexity index is 800. The molecular weight excluding hydrogens is 444 g/mol. The SMILES string of the molecule is C[C@H](Oc1ccc(N2CC[C@]3(CC[C@](O)(COCC(F)(F)F)CC3)C2=O)cc1)C(F)(F)F. The minimum Gasteiger partial charge on any atom is -0.481 e. The Kier molecular flexibility index (Phi) is 6.72.